The first-order valence-corrected chi connectivity index (χ1v) is 9.03. The van der Waals surface area contributed by atoms with E-state index in [1.807, 2.05) is 29.2 Å². The second-order valence-corrected chi connectivity index (χ2v) is 7.22. The van der Waals surface area contributed by atoms with Gasteiger partial charge in [0, 0.05) is 16.6 Å². The van der Waals surface area contributed by atoms with E-state index in [-0.39, 0.29) is 18.1 Å². The third kappa shape index (κ3) is 2.78. The van der Waals surface area contributed by atoms with E-state index in [1.165, 1.54) is 0 Å². The van der Waals surface area contributed by atoms with E-state index in [1.54, 1.807) is 25.3 Å². The summed E-state index contributed by atoms with van der Waals surface area (Å²) in [5.74, 6) is 0.732. The molecule has 130 valence electrons. The van der Waals surface area contributed by atoms with Gasteiger partial charge in [-0.15, -0.1) is 0 Å². The molecule has 4 rings (SSSR count). The maximum absolute atomic E-state index is 13.2. The Kier molecular flexibility index (Phi) is 4.36. The summed E-state index contributed by atoms with van der Waals surface area (Å²) in [7, 11) is 1.60. The van der Waals surface area contributed by atoms with Crippen LogP contribution in [-0.4, -0.2) is 30.5 Å². The van der Waals surface area contributed by atoms with Crippen molar-refractivity contribution in [2.75, 3.05) is 18.6 Å². The van der Waals surface area contributed by atoms with Crippen molar-refractivity contribution in [1.82, 2.24) is 4.90 Å². The highest BCUT2D eigenvalue weighted by molar-refractivity contribution is 6.31. The van der Waals surface area contributed by atoms with E-state index in [0.29, 0.717) is 21.5 Å². The van der Waals surface area contributed by atoms with Gasteiger partial charge in [-0.05, 0) is 48.7 Å². The summed E-state index contributed by atoms with van der Waals surface area (Å²) >= 11 is 12.3. The molecule has 2 atom stereocenters. The number of benzene rings is 2. The summed E-state index contributed by atoms with van der Waals surface area (Å²) in [6, 6.07) is 12.9. The fraction of sp³-hybridized carbons (Fsp3) is 0.316. The Balaban J connectivity index is 1.85. The standard InChI is InChI=1S/C19H18Cl2N2O2/c1-25-17-9-8-14(21)11-16(17)23-18(12-4-6-13(20)7-5-12)22-10-2-3-15(22)19(23)24/h4-9,11,15,18H,2-3,10H2,1H3/t15-,18+/m0/s1. The molecule has 0 saturated carbocycles. The number of carbonyl (C=O) groups excluding carboxylic acids is 1. The van der Waals surface area contributed by atoms with E-state index in [0.717, 1.165) is 24.9 Å². The third-order valence-corrected chi connectivity index (χ3v) is 5.43. The minimum atomic E-state index is -0.176. The minimum absolute atomic E-state index is 0.0932. The smallest absolute Gasteiger partial charge is 0.246 e. The number of carbonyl (C=O) groups is 1. The number of hydrogen-bond acceptors (Lipinski definition) is 3. The molecule has 0 spiro atoms. The van der Waals surface area contributed by atoms with Crippen LogP contribution in [0.1, 0.15) is 24.6 Å². The summed E-state index contributed by atoms with van der Waals surface area (Å²) < 4.78 is 5.49. The quantitative estimate of drug-likeness (QED) is 0.789. The lowest BCUT2D eigenvalue weighted by Gasteiger charge is -2.30. The van der Waals surface area contributed by atoms with Crippen molar-refractivity contribution < 1.29 is 9.53 Å². The van der Waals surface area contributed by atoms with Gasteiger partial charge < -0.3 is 4.74 Å². The van der Waals surface area contributed by atoms with Crippen LogP contribution in [0.15, 0.2) is 42.5 Å². The van der Waals surface area contributed by atoms with Crippen molar-refractivity contribution in [3.8, 4) is 5.75 Å². The van der Waals surface area contributed by atoms with Gasteiger partial charge in [-0.2, -0.15) is 0 Å². The second kappa shape index (κ2) is 6.52. The lowest BCUT2D eigenvalue weighted by Crippen LogP contribution is -2.32. The largest absolute Gasteiger partial charge is 0.495 e. The van der Waals surface area contributed by atoms with Gasteiger partial charge in [0.2, 0.25) is 5.91 Å². The van der Waals surface area contributed by atoms with Crippen molar-refractivity contribution in [2.45, 2.75) is 25.0 Å². The zero-order valence-electron chi connectivity index (χ0n) is 13.8. The van der Waals surface area contributed by atoms with E-state index in [9.17, 15) is 4.79 Å². The van der Waals surface area contributed by atoms with E-state index >= 15 is 0 Å². The summed E-state index contributed by atoms with van der Waals surface area (Å²) in [6.45, 7) is 0.892. The Labute approximate surface area is 156 Å². The molecule has 2 aromatic carbocycles. The fourth-order valence-electron chi connectivity index (χ4n) is 3.85. The van der Waals surface area contributed by atoms with Gasteiger partial charge in [-0.1, -0.05) is 35.3 Å². The number of rotatable bonds is 3. The van der Waals surface area contributed by atoms with Crippen LogP contribution in [0.4, 0.5) is 5.69 Å². The third-order valence-electron chi connectivity index (χ3n) is 4.94. The molecule has 2 aromatic rings. The van der Waals surface area contributed by atoms with Gasteiger partial charge in [0.1, 0.15) is 11.9 Å². The Bertz CT molecular complexity index is 810. The number of anilines is 1. The molecule has 0 radical (unpaired) electrons. The van der Waals surface area contributed by atoms with Crippen LogP contribution in [0.2, 0.25) is 10.0 Å². The molecule has 2 aliphatic rings. The van der Waals surface area contributed by atoms with Crippen molar-refractivity contribution in [1.29, 1.82) is 0 Å². The number of hydrogen-bond donors (Lipinski definition) is 0. The van der Waals surface area contributed by atoms with Crippen LogP contribution < -0.4 is 9.64 Å². The maximum atomic E-state index is 13.2. The highest BCUT2D eigenvalue weighted by Gasteiger charge is 2.50. The molecule has 2 saturated heterocycles. The lowest BCUT2D eigenvalue weighted by molar-refractivity contribution is -0.119. The molecular weight excluding hydrogens is 359 g/mol. The SMILES string of the molecule is COc1ccc(Cl)cc1N1C(=O)[C@@H]2CCCN2[C@H]1c1ccc(Cl)cc1. The number of halogens is 2. The van der Waals surface area contributed by atoms with Crippen LogP contribution in [0.3, 0.4) is 0 Å². The van der Waals surface area contributed by atoms with Crippen LogP contribution >= 0.6 is 23.2 Å². The molecule has 0 aromatic heterocycles. The maximum Gasteiger partial charge on any atom is 0.246 e. The van der Waals surface area contributed by atoms with Gasteiger partial charge in [-0.3, -0.25) is 14.6 Å². The predicted molar refractivity (Wildman–Crippen MR) is 99.4 cm³/mol. The van der Waals surface area contributed by atoms with E-state index < -0.39 is 0 Å². The Morgan fingerprint density at radius 2 is 1.80 bits per heavy atom. The zero-order chi connectivity index (χ0) is 17.6. The minimum Gasteiger partial charge on any atom is -0.495 e. The first-order chi connectivity index (χ1) is 12.1. The summed E-state index contributed by atoms with van der Waals surface area (Å²) in [5.41, 5.74) is 1.73. The van der Waals surface area contributed by atoms with Crippen LogP contribution in [0.25, 0.3) is 0 Å². The Morgan fingerprint density at radius 1 is 1.08 bits per heavy atom. The number of methoxy groups -OCH3 is 1. The molecule has 2 heterocycles. The Hall–Kier alpha value is -1.75. The molecule has 1 amide bonds. The fourth-order valence-corrected chi connectivity index (χ4v) is 4.15. The molecule has 2 aliphatic heterocycles. The van der Waals surface area contributed by atoms with Crippen LogP contribution in [0, 0.1) is 0 Å². The van der Waals surface area contributed by atoms with Crippen LogP contribution in [-0.2, 0) is 4.79 Å². The average Bonchev–Trinajstić information content (AvgIpc) is 3.18. The van der Waals surface area contributed by atoms with Crippen molar-refractivity contribution in [3.63, 3.8) is 0 Å². The summed E-state index contributed by atoms with van der Waals surface area (Å²) in [6.07, 6.45) is 1.73. The molecule has 25 heavy (non-hydrogen) atoms. The average molecular weight is 377 g/mol. The van der Waals surface area contributed by atoms with Crippen molar-refractivity contribution >= 4 is 34.8 Å². The van der Waals surface area contributed by atoms with E-state index in [2.05, 4.69) is 4.90 Å². The zero-order valence-corrected chi connectivity index (χ0v) is 15.3. The second-order valence-electron chi connectivity index (χ2n) is 6.35. The topological polar surface area (TPSA) is 32.8 Å². The first-order valence-electron chi connectivity index (χ1n) is 8.28. The van der Waals surface area contributed by atoms with E-state index in [4.69, 9.17) is 27.9 Å². The van der Waals surface area contributed by atoms with Gasteiger partial charge in [0.05, 0.1) is 18.8 Å². The molecule has 4 nitrogen and oxygen atoms in total. The van der Waals surface area contributed by atoms with Gasteiger partial charge in [0.25, 0.3) is 0 Å². The highest BCUT2D eigenvalue weighted by Crippen LogP contribution is 2.45. The molecule has 0 bridgehead atoms. The molecule has 2 fully saturated rings. The first kappa shape index (κ1) is 16.7. The van der Waals surface area contributed by atoms with Gasteiger partial charge >= 0.3 is 0 Å². The van der Waals surface area contributed by atoms with Crippen molar-refractivity contribution in [2.24, 2.45) is 0 Å². The number of ether oxygens (including phenoxy) is 1. The van der Waals surface area contributed by atoms with Gasteiger partial charge in [-0.25, -0.2) is 0 Å². The lowest BCUT2D eigenvalue weighted by atomic mass is 10.1. The molecular formula is C19H18Cl2N2O2. The predicted octanol–water partition coefficient (Wildman–Crippen LogP) is 4.51. The van der Waals surface area contributed by atoms with Gasteiger partial charge in [0.15, 0.2) is 0 Å². The highest BCUT2D eigenvalue weighted by atomic mass is 35.5. The molecule has 0 aliphatic carbocycles. The Morgan fingerprint density at radius 3 is 2.52 bits per heavy atom. The number of nitrogens with zero attached hydrogens (tertiary/aromatic N) is 2. The molecule has 0 N–H and O–H groups in total. The normalized spacial score (nSPS) is 23.2. The van der Waals surface area contributed by atoms with Crippen LogP contribution in [0.5, 0.6) is 5.75 Å². The summed E-state index contributed by atoms with van der Waals surface area (Å²) in [4.78, 5) is 17.3. The van der Waals surface area contributed by atoms with Crippen molar-refractivity contribution in [3.05, 3.63) is 58.1 Å². The molecule has 0 unspecified atom stereocenters. The monoisotopic (exact) mass is 376 g/mol. The number of fused-ring (bicyclic) bond motifs is 1. The number of amides is 1. The summed E-state index contributed by atoms with van der Waals surface area (Å²) in [5, 5.41) is 1.25. The molecule has 6 heteroatoms.